The lowest BCUT2D eigenvalue weighted by atomic mass is 10.0. The van der Waals surface area contributed by atoms with Crippen molar-refractivity contribution < 1.29 is 50.4 Å². The van der Waals surface area contributed by atoms with E-state index in [4.69, 9.17) is 42.1 Å². The van der Waals surface area contributed by atoms with Gasteiger partial charge in [-0.05, 0) is 48.6 Å². The summed E-state index contributed by atoms with van der Waals surface area (Å²) in [7, 11) is -1.59. The Labute approximate surface area is 284 Å². The summed E-state index contributed by atoms with van der Waals surface area (Å²) < 4.78 is 82.5. The number of benzene rings is 2. The molecule has 1 aliphatic carbocycles. The number of carbonyl (C=O) groups is 1. The van der Waals surface area contributed by atoms with Gasteiger partial charge in [0.2, 0.25) is 10.0 Å². The first-order valence-corrected chi connectivity index (χ1v) is 17.5. The molecule has 2 atom stereocenters. The maximum atomic E-state index is 13.9. The van der Waals surface area contributed by atoms with Crippen molar-refractivity contribution in [1.82, 2.24) is 4.31 Å². The maximum Gasteiger partial charge on any atom is 0.387 e. The normalized spacial score (nSPS) is 17.4. The van der Waals surface area contributed by atoms with Gasteiger partial charge in [-0.2, -0.15) is 17.8 Å². The number of carbonyl (C=O) groups excluding carboxylic acids is 1. The lowest BCUT2D eigenvalue weighted by Gasteiger charge is -2.26. The number of rotatable bonds is 14. The van der Waals surface area contributed by atoms with Crippen molar-refractivity contribution in [2.75, 3.05) is 33.1 Å². The number of pyridine rings is 1. The third kappa shape index (κ3) is 8.26. The molecule has 0 radical (unpaired) electrons. The van der Waals surface area contributed by atoms with E-state index in [2.05, 4.69) is 4.74 Å². The summed E-state index contributed by atoms with van der Waals surface area (Å²) in [5.41, 5.74) is 0.555. The van der Waals surface area contributed by atoms with Gasteiger partial charge in [0.25, 0.3) is 0 Å². The molecular formula is C30H30Cl2F2N2O9S2. The molecule has 0 unspecified atom stereocenters. The topological polar surface area (TPSA) is 128 Å². The van der Waals surface area contributed by atoms with Crippen LogP contribution >= 0.6 is 35.0 Å². The Balaban J connectivity index is 1.49. The lowest BCUT2D eigenvalue weighted by Crippen LogP contribution is -2.41. The molecule has 11 nitrogen and oxygen atoms in total. The summed E-state index contributed by atoms with van der Waals surface area (Å²) in [6.45, 7) is -2.85. The summed E-state index contributed by atoms with van der Waals surface area (Å²) in [6.07, 6.45) is 2.70. The van der Waals surface area contributed by atoms with Crippen LogP contribution in [0, 0.1) is 11.1 Å². The number of nitrogens with zero attached hydrogens (tertiary/aromatic N) is 2. The van der Waals surface area contributed by atoms with Crippen molar-refractivity contribution >= 4 is 51.0 Å². The fourth-order valence-electron chi connectivity index (χ4n) is 4.86. The highest BCUT2D eigenvalue weighted by atomic mass is 35.5. The first-order chi connectivity index (χ1) is 22.4. The van der Waals surface area contributed by atoms with E-state index >= 15 is 0 Å². The summed E-state index contributed by atoms with van der Waals surface area (Å²) in [5, 5.41) is 10.6. The minimum atomic E-state index is -4.30. The molecular weight excluding hydrogens is 705 g/mol. The lowest BCUT2D eigenvalue weighted by molar-refractivity contribution is -0.605. The minimum Gasteiger partial charge on any atom is -0.619 e. The van der Waals surface area contributed by atoms with E-state index < -0.39 is 34.1 Å². The van der Waals surface area contributed by atoms with Crippen LogP contribution < -0.4 is 23.7 Å². The van der Waals surface area contributed by atoms with Crippen LogP contribution in [-0.2, 0) is 26.0 Å². The molecule has 254 valence electrons. The molecule has 0 amide bonds. The largest absolute Gasteiger partial charge is 0.619 e. The van der Waals surface area contributed by atoms with Gasteiger partial charge in [0.05, 0.1) is 20.8 Å². The number of methoxy groups -OCH3 is 2. The third-order valence-electron chi connectivity index (χ3n) is 7.44. The highest BCUT2D eigenvalue weighted by Gasteiger charge is 2.43. The van der Waals surface area contributed by atoms with Crippen LogP contribution in [0.3, 0.4) is 0 Å². The maximum absolute atomic E-state index is 13.9. The van der Waals surface area contributed by atoms with Crippen molar-refractivity contribution in [3.63, 3.8) is 0 Å². The van der Waals surface area contributed by atoms with Crippen LogP contribution in [0.4, 0.5) is 8.78 Å². The quantitative estimate of drug-likeness (QED) is 0.117. The van der Waals surface area contributed by atoms with Crippen molar-refractivity contribution in [3.05, 3.63) is 75.2 Å². The van der Waals surface area contributed by atoms with E-state index in [9.17, 15) is 27.2 Å². The monoisotopic (exact) mass is 734 g/mol. The van der Waals surface area contributed by atoms with Crippen LogP contribution in [0.2, 0.25) is 10.0 Å². The fraction of sp³-hybridized carbons (Fsp3) is 0.400. The summed E-state index contributed by atoms with van der Waals surface area (Å²) in [4.78, 5) is 13.7. The molecule has 5 rings (SSSR count). The van der Waals surface area contributed by atoms with Crippen molar-refractivity contribution in [2.45, 2.75) is 42.2 Å². The van der Waals surface area contributed by atoms with Gasteiger partial charge in [-0.15, -0.1) is 11.8 Å². The molecule has 2 aliphatic rings. The van der Waals surface area contributed by atoms with Crippen molar-refractivity contribution in [2.24, 2.45) is 5.92 Å². The summed E-state index contributed by atoms with van der Waals surface area (Å²) in [5.74, 6) is -0.223. The second kappa shape index (κ2) is 14.9. The number of hydrogen-bond donors (Lipinski definition) is 0. The van der Waals surface area contributed by atoms with Crippen molar-refractivity contribution in [1.29, 1.82) is 0 Å². The number of halogens is 4. The summed E-state index contributed by atoms with van der Waals surface area (Å²) >= 11 is 13.8. The van der Waals surface area contributed by atoms with E-state index in [0.29, 0.717) is 10.3 Å². The van der Waals surface area contributed by atoms with Crippen LogP contribution in [-0.4, -0.2) is 63.8 Å². The van der Waals surface area contributed by atoms with E-state index in [1.165, 1.54) is 44.6 Å². The average Bonchev–Trinajstić information content (AvgIpc) is 3.72. The van der Waals surface area contributed by atoms with Crippen LogP contribution in [0.5, 0.6) is 23.0 Å². The zero-order valence-corrected chi connectivity index (χ0v) is 28.2. The molecule has 2 heterocycles. The predicted octanol–water partition coefficient (Wildman–Crippen LogP) is 5.63. The third-order valence-corrected chi connectivity index (χ3v) is 11.3. The molecule has 1 saturated carbocycles. The molecule has 3 aromatic rings. The van der Waals surface area contributed by atoms with Gasteiger partial charge in [-0.1, -0.05) is 29.3 Å². The Bertz CT molecular complexity index is 1710. The molecule has 0 N–H and O–H groups in total. The zero-order valence-electron chi connectivity index (χ0n) is 25.1. The van der Waals surface area contributed by atoms with E-state index in [0.717, 1.165) is 41.3 Å². The van der Waals surface area contributed by atoms with Gasteiger partial charge >= 0.3 is 12.6 Å². The standard InChI is InChI=1S/C30H30Cl2F2N2O9S2/c1-41-19-6-8-24(42-2)27(12-19)47(39,40)36-9-10-46-28(36)29(37)44-25(13-20-21(31)14-35(38)15-22(20)32)18-5-7-23(45-30(33)34)26(11-18)43-16-17-3-4-17/h5-8,11-12,14-15,17,25,28,30H,3-4,9-10,13,16H2,1-2H3/t25-,28-/m0/s1. The highest BCUT2D eigenvalue weighted by molar-refractivity contribution is 8.02. The first-order valence-electron chi connectivity index (χ1n) is 14.3. The molecule has 2 aromatic carbocycles. The Morgan fingerprint density at radius 1 is 1.06 bits per heavy atom. The second-order valence-electron chi connectivity index (χ2n) is 10.6. The molecule has 0 spiro atoms. The molecule has 1 aromatic heterocycles. The summed E-state index contributed by atoms with van der Waals surface area (Å²) in [6, 6.07) is 8.38. The Morgan fingerprint density at radius 3 is 2.40 bits per heavy atom. The smallest absolute Gasteiger partial charge is 0.387 e. The zero-order chi connectivity index (χ0) is 33.9. The van der Waals surface area contributed by atoms with Crippen LogP contribution in [0.15, 0.2) is 53.7 Å². The van der Waals surface area contributed by atoms with Gasteiger partial charge in [0.15, 0.2) is 29.3 Å². The van der Waals surface area contributed by atoms with Crippen LogP contribution in [0.25, 0.3) is 0 Å². The van der Waals surface area contributed by atoms with Gasteiger partial charge < -0.3 is 28.9 Å². The second-order valence-corrected chi connectivity index (χ2v) is 14.5. The van der Waals surface area contributed by atoms with Gasteiger partial charge in [-0.25, -0.2) is 13.2 Å². The van der Waals surface area contributed by atoms with Crippen LogP contribution in [0.1, 0.15) is 30.1 Å². The van der Waals surface area contributed by atoms with Gasteiger partial charge in [-0.3, -0.25) is 0 Å². The van der Waals surface area contributed by atoms with E-state index in [1.54, 1.807) is 6.07 Å². The number of ether oxygens (including phenoxy) is 5. The Hall–Kier alpha value is -3.24. The minimum absolute atomic E-state index is 0.00275. The number of alkyl halides is 2. The number of thioether (sulfide) groups is 1. The van der Waals surface area contributed by atoms with Gasteiger partial charge in [0, 0.05) is 30.3 Å². The molecule has 47 heavy (non-hydrogen) atoms. The predicted molar refractivity (Wildman–Crippen MR) is 169 cm³/mol. The van der Waals surface area contributed by atoms with Crippen molar-refractivity contribution in [3.8, 4) is 23.0 Å². The van der Waals surface area contributed by atoms with E-state index in [-0.39, 0.29) is 74.7 Å². The molecule has 1 saturated heterocycles. The first kappa shape index (κ1) is 35.1. The molecule has 0 bridgehead atoms. The Kier molecular flexibility index (Phi) is 11.1. The molecule has 17 heteroatoms. The van der Waals surface area contributed by atoms with E-state index in [1.807, 2.05) is 0 Å². The number of sulfonamides is 1. The SMILES string of the molecule is COc1ccc(OC)c(S(=O)(=O)N2CCS[C@H]2C(=O)O[C@@H](Cc2c(Cl)c[n+]([O-])cc2Cl)c2ccc(OC(F)F)c(OCC3CC3)c2)c1. The Morgan fingerprint density at radius 2 is 1.77 bits per heavy atom. The number of aromatic nitrogens is 1. The van der Waals surface area contributed by atoms with Gasteiger partial charge in [0.1, 0.15) is 32.5 Å². The number of esters is 1. The molecule has 1 aliphatic heterocycles. The average molecular weight is 736 g/mol. The fourth-order valence-corrected chi connectivity index (χ4v) is 8.68. The number of hydrogen-bond acceptors (Lipinski definition) is 10. The highest BCUT2D eigenvalue weighted by Crippen LogP contribution is 2.40. The molecule has 2 fully saturated rings.